The number of rotatable bonds is 5. The normalized spacial score (nSPS) is 13.9. The maximum absolute atomic E-state index is 11.2. The third kappa shape index (κ3) is 5.06. The molecule has 94 valence electrons. The molecule has 0 aliphatic carbocycles. The summed E-state index contributed by atoms with van der Waals surface area (Å²) in [5.74, 6) is 0.492. The third-order valence-electron chi connectivity index (χ3n) is 2.11. The van der Waals surface area contributed by atoms with Gasteiger partial charge in [-0.3, -0.25) is 4.79 Å². The summed E-state index contributed by atoms with van der Waals surface area (Å²) in [4.78, 5) is 11.2. The average Bonchev–Trinajstić information content (AvgIpc) is 2.25. The van der Waals surface area contributed by atoms with E-state index in [4.69, 9.17) is 22.1 Å². The van der Waals surface area contributed by atoms with Crippen molar-refractivity contribution in [1.29, 1.82) is 0 Å². The average molecular weight is 257 g/mol. The Morgan fingerprint density at radius 1 is 1.53 bits per heavy atom. The van der Waals surface area contributed by atoms with Gasteiger partial charge < -0.3 is 15.8 Å². The maximum atomic E-state index is 11.2. The van der Waals surface area contributed by atoms with Crippen molar-refractivity contribution in [2.75, 3.05) is 6.54 Å². The van der Waals surface area contributed by atoms with E-state index in [1.165, 1.54) is 0 Å². The fourth-order valence-electron chi connectivity index (χ4n) is 1.22. The highest BCUT2D eigenvalue weighted by Crippen LogP contribution is 2.18. The smallest absolute Gasteiger partial charge is 0.236 e. The Labute approximate surface area is 106 Å². The van der Waals surface area contributed by atoms with Gasteiger partial charge in [-0.05, 0) is 32.0 Å². The summed E-state index contributed by atoms with van der Waals surface area (Å²) in [5.41, 5.74) is 5.42. The van der Waals surface area contributed by atoms with Gasteiger partial charge in [-0.15, -0.1) is 0 Å². The molecule has 1 aromatic rings. The molecule has 2 atom stereocenters. The highest BCUT2D eigenvalue weighted by atomic mass is 35.5. The predicted molar refractivity (Wildman–Crippen MR) is 68.2 cm³/mol. The molecule has 1 aromatic carbocycles. The topological polar surface area (TPSA) is 64.4 Å². The van der Waals surface area contributed by atoms with E-state index in [0.717, 1.165) is 0 Å². The Morgan fingerprint density at radius 3 is 2.82 bits per heavy atom. The van der Waals surface area contributed by atoms with E-state index >= 15 is 0 Å². The summed E-state index contributed by atoms with van der Waals surface area (Å²) < 4.78 is 5.59. The third-order valence-corrected chi connectivity index (χ3v) is 2.35. The SMILES string of the molecule is CC(CNC(=O)[C@H](C)N)Oc1cccc(Cl)c1. The van der Waals surface area contributed by atoms with Crippen molar-refractivity contribution >= 4 is 17.5 Å². The van der Waals surface area contributed by atoms with Crippen molar-refractivity contribution in [3.63, 3.8) is 0 Å². The Kier molecular flexibility index (Phi) is 5.25. The molecule has 0 spiro atoms. The lowest BCUT2D eigenvalue weighted by atomic mass is 10.3. The van der Waals surface area contributed by atoms with Crippen LogP contribution in [0.15, 0.2) is 24.3 Å². The molecule has 0 aliphatic heterocycles. The van der Waals surface area contributed by atoms with Crippen LogP contribution in [-0.2, 0) is 4.79 Å². The molecular weight excluding hydrogens is 240 g/mol. The minimum atomic E-state index is -0.506. The molecular formula is C12H17ClN2O2. The fraction of sp³-hybridized carbons (Fsp3) is 0.417. The zero-order valence-electron chi connectivity index (χ0n) is 9.94. The molecule has 17 heavy (non-hydrogen) atoms. The van der Waals surface area contributed by atoms with Crippen LogP contribution in [0.25, 0.3) is 0 Å². The second-order valence-corrected chi connectivity index (χ2v) is 4.36. The number of halogens is 1. The van der Waals surface area contributed by atoms with Crippen LogP contribution in [0.1, 0.15) is 13.8 Å². The van der Waals surface area contributed by atoms with Crippen LogP contribution < -0.4 is 15.8 Å². The molecule has 0 aliphatic rings. The van der Waals surface area contributed by atoms with Gasteiger partial charge in [0.05, 0.1) is 12.6 Å². The molecule has 0 saturated carbocycles. The van der Waals surface area contributed by atoms with E-state index in [2.05, 4.69) is 5.32 Å². The van der Waals surface area contributed by atoms with Crippen LogP contribution in [0.2, 0.25) is 5.02 Å². The molecule has 0 heterocycles. The van der Waals surface area contributed by atoms with Gasteiger partial charge >= 0.3 is 0 Å². The number of hydrogen-bond donors (Lipinski definition) is 2. The van der Waals surface area contributed by atoms with Gasteiger partial charge in [-0.25, -0.2) is 0 Å². The van der Waals surface area contributed by atoms with Gasteiger partial charge in [0.1, 0.15) is 11.9 Å². The first kappa shape index (κ1) is 13.8. The lowest BCUT2D eigenvalue weighted by Gasteiger charge is -2.16. The zero-order valence-corrected chi connectivity index (χ0v) is 10.7. The molecule has 1 unspecified atom stereocenters. The summed E-state index contributed by atoms with van der Waals surface area (Å²) in [5, 5.41) is 3.31. The molecule has 0 bridgehead atoms. The van der Waals surface area contributed by atoms with Crippen molar-refractivity contribution in [3.05, 3.63) is 29.3 Å². The van der Waals surface area contributed by atoms with Crippen LogP contribution in [0.5, 0.6) is 5.75 Å². The van der Waals surface area contributed by atoms with Gasteiger partial charge in [-0.2, -0.15) is 0 Å². The molecule has 1 rings (SSSR count). The van der Waals surface area contributed by atoms with E-state index in [0.29, 0.717) is 17.3 Å². The monoisotopic (exact) mass is 256 g/mol. The van der Waals surface area contributed by atoms with Gasteiger partial charge in [0, 0.05) is 5.02 Å². The minimum Gasteiger partial charge on any atom is -0.489 e. The second kappa shape index (κ2) is 6.47. The molecule has 5 heteroatoms. The first-order valence-electron chi connectivity index (χ1n) is 5.44. The highest BCUT2D eigenvalue weighted by molar-refractivity contribution is 6.30. The number of benzene rings is 1. The fourth-order valence-corrected chi connectivity index (χ4v) is 1.40. The van der Waals surface area contributed by atoms with E-state index in [1.807, 2.05) is 19.1 Å². The number of nitrogens with two attached hydrogens (primary N) is 1. The number of hydrogen-bond acceptors (Lipinski definition) is 3. The van der Waals surface area contributed by atoms with Crippen molar-refractivity contribution < 1.29 is 9.53 Å². The van der Waals surface area contributed by atoms with Crippen LogP contribution in [0.4, 0.5) is 0 Å². The van der Waals surface area contributed by atoms with Crippen LogP contribution in [0, 0.1) is 0 Å². The second-order valence-electron chi connectivity index (χ2n) is 3.92. The zero-order chi connectivity index (χ0) is 12.8. The summed E-state index contributed by atoms with van der Waals surface area (Å²) >= 11 is 5.83. The van der Waals surface area contributed by atoms with Crippen molar-refractivity contribution in [3.8, 4) is 5.75 Å². The molecule has 0 radical (unpaired) electrons. The Morgan fingerprint density at radius 2 is 2.24 bits per heavy atom. The van der Waals surface area contributed by atoms with Gasteiger partial charge in [0.25, 0.3) is 0 Å². The number of nitrogens with one attached hydrogen (secondary N) is 1. The van der Waals surface area contributed by atoms with Gasteiger partial charge in [0.2, 0.25) is 5.91 Å². The molecule has 0 fully saturated rings. The molecule has 4 nitrogen and oxygen atoms in total. The standard InChI is InChI=1S/C12H17ClN2O2/c1-8(7-15-12(16)9(2)14)17-11-5-3-4-10(13)6-11/h3-6,8-9H,7,14H2,1-2H3,(H,15,16)/t8?,9-/m0/s1. The van der Waals surface area contributed by atoms with E-state index in [-0.39, 0.29) is 12.0 Å². The summed E-state index contributed by atoms with van der Waals surface area (Å²) in [6, 6.07) is 6.62. The van der Waals surface area contributed by atoms with E-state index in [1.54, 1.807) is 19.1 Å². The van der Waals surface area contributed by atoms with Crippen molar-refractivity contribution in [1.82, 2.24) is 5.32 Å². The molecule has 0 aromatic heterocycles. The lowest BCUT2D eigenvalue weighted by molar-refractivity contribution is -0.122. The summed E-state index contributed by atoms with van der Waals surface area (Å²) in [7, 11) is 0. The number of carbonyl (C=O) groups excluding carboxylic acids is 1. The Bertz CT molecular complexity index is 383. The quantitative estimate of drug-likeness (QED) is 0.841. The number of ether oxygens (including phenoxy) is 1. The summed E-state index contributed by atoms with van der Waals surface area (Å²) in [6.45, 7) is 3.91. The Hall–Kier alpha value is -1.26. The Balaban J connectivity index is 2.39. The van der Waals surface area contributed by atoms with Crippen LogP contribution in [-0.4, -0.2) is 24.6 Å². The van der Waals surface area contributed by atoms with Gasteiger partial charge in [-0.1, -0.05) is 17.7 Å². The lowest BCUT2D eigenvalue weighted by Crippen LogP contribution is -2.42. The first-order chi connectivity index (χ1) is 7.99. The van der Waals surface area contributed by atoms with Crippen LogP contribution >= 0.6 is 11.6 Å². The van der Waals surface area contributed by atoms with E-state index in [9.17, 15) is 4.79 Å². The van der Waals surface area contributed by atoms with Gasteiger partial charge in [0.15, 0.2) is 0 Å². The minimum absolute atomic E-state index is 0.142. The molecule has 3 N–H and O–H groups in total. The predicted octanol–water partition coefficient (Wildman–Crippen LogP) is 1.57. The molecule has 1 amide bonds. The summed E-state index contributed by atoms with van der Waals surface area (Å²) in [6.07, 6.45) is -0.142. The first-order valence-corrected chi connectivity index (χ1v) is 5.82. The number of carbonyl (C=O) groups is 1. The van der Waals surface area contributed by atoms with Crippen LogP contribution in [0.3, 0.4) is 0 Å². The maximum Gasteiger partial charge on any atom is 0.236 e. The largest absolute Gasteiger partial charge is 0.489 e. The van der Waals surface area contributed by atoms with Crippen molar-refractivity contribution in [2.45, 2.75) is 26.0 Å². The van der Waals surface area contributed by atoms with Crippen molar-refractivity contribution in [2.24, 2.45) is 5.73 Å². The number of amides is 1. The highest BCUT2D eigenvalue weighted by Gasteiger charge is 2.10. The van der Waals surface area contributed by atoms with E-state index < -0.39 is 6.04 Å². The molecule has 0 saturated heterocycles.